The van der Waals surface area contributed by atoms with Crippen molar-refractivity contribution in [3.8, 4) is 0 Å². The smallest absolute Gasteiger partial charge is 0.305 e. The highest BCUT2D eigenvalue weighted by Gasteiger charge is 2.17. The molecule has 0 aliphatic carbocycles. The van der Waals surface area contributed by atoms with Crippen LogP contribution in [0, 0.1) is 22.9 Å². The second-order valence-electron chi connectivity index (χ2n) is 5.25. The van der Waals surface area contributed by atoms with Gasteiger partial charge in [0.2, 0.25) is 11.7 Å². The summed E-state index contributed by atoms with van der Waals surface area (Å²) in [6.45, 7) is 1.94. The number of rotatable bonds is 7. The maximum absolute atomic E-state index is 13.3. The molecule has 130 valence electrons. The molecule has 2 rings (SSSR count). The quantitative estimate of drug-likeness (QED) is 0.462. The molecule has 2 aromatic rings. The molecule has 0 radical (unpaired) electrons. The van der Waals surface area contributed by atoms with Crippen molar-refractivity contribution in [2.24, 2.45) is 0 Å². The highest BCUT2D eigenvalue weighted by molar-refractivity contribution is 8.00. The minimum absolute atomic E-state index is 0.0376. The van der Waals surface area contributed by atoms with Gasteiger partial charge in [0.1, 0.15) is 0 Å². The molecule has 0 aliphatic rings. The lowest BCUT2D eigenvalue weighted by molar-refractivity contribution is -0.387. The van der Waals surface area contributed by atoms with Gasteiger partial charge in [-0.15, -0.1) is 11.8 Å². The molecule has 6 nitrogen and oxygen atoms in total. The van der Waals surface area contributed by atoms with Crippen LogP contribution in [0.3, 0.4) is 0 Å². The molecule has 0 saturated carbocycles. The van der Waals surface area contributed by atoms with Gasteiger partial charge in [0.25, 0.3) is 0 Å². The Morgan fingerprint density at radius 3 is 2.48 bits per heavy atom. The number of anilines is 1. The predicted octanol–water partition coefficient (Wildman–Crippen LogP) is 3.60. The Labute approximate surface area is 147 Å². The zero-order valence-corrected chi connectivity index (χ0v) is 14.1. The van der Waals surface area contributed by atoms with Crippen LogP contribution in [-0.4, -0.2) is 28.1 Å². The van der Waals surface area contributed by atoms with Crippen LogP contribution in [-0.2, 0) is 4.79 Å². The molecule has 0 fully saturated rings. The second kappa shape index (κ2) is 8.39. The van der Waals surface area contributed by atoms with Crippen LogP contribution in [0.2, 0.25) is 0 Å². The van der Waals surface area contributed by atoms with Crippen molar-refractivity contribution in [3.63, 3.8) is 0 Å². The average molecular weight is 362 g/mol. The topological polar surface area (TPSA) is 89.3 Å². The molecule has 1 N–H and O–H groups in total. The van der Waals surface area contributed by atoms with E-state index in [1.807, 2.05) is 19.1 Å². The number of nitrogens with one attached hydrogen (secondary N) is 1. The van der Waals surface area contributed by atoms with Gasteiger partial charge in [-0.2, -0.15) is 4.39 Å². The van der Waals surface area contributed by atoms with Crippen LogP contribution in [0.1, 0.15) is 15.9 Å². The molecule has 0 spiro atoms. The lowest BCUT2D eigenvalue weighted by atomic mass is 10.1. The number of Topliss-reactive ketones (excluding diaryl/α,β-unsaturated/α-hetero) is 1. The van der Waals surface area contributed by atoms with Crippen molar-refractivity contribution >= 4 is 34.8 Å². The summed E-state index contributed by atoms with van der Waals surface area (Å²) in [7, 11) is 0. The van der Waals surface area contributed by atoms with E-state index >= 15 is 0 Å². The Kier molecular flexibility index (Phi) is 6.24. The van der Waals surface area contributed by atoms with Crippen molar-refractivity contribution in [1.82, 2.24) is 0 Å². The summed E-state index contributed by atoms with van der Waals surface area (Å²) in [6, 6.07) is 10.3. The number of ketones is 1. The third-order valence-electron chi connectivity index (χ3n) is 3.27. The van der Waals surface area contributed by atoms with Gasteiger partial charge in [-0.05, 0) is 31.2 Å². The number of carbonyl (C=O) groups is 2. The summed E-state index contributed by atoms with van der Waals surface area (Å²) in [5.74, 6) is -1.64. The number of benzene rings is 2. The van der Waals surface area contributed by atoms with Gasteiger partial charge < -0.3 is 5.32 Å². The number of amides is 1. The van der Waals surface area contributed by atoms with Gasteiger partial charge in [-0.25, -0.2) is 0 Å². The summed E-state index contributed by atoms with van der Waals surface area (Å²) < 4.78 is 13.3. The first-order valence-corrected chi connectivity index (χ1v) is 8.43. The van der Waals surface area contributed by atoms with Crippen molar-refractivity contribution < 1.29 is 18.9 Å². The van der Waals surface area contributed by atoms with E-state index < -0.39 is 22.2 Å². The van der Waals surface area contributed by atoms with Gasteiger partial charge in [-0.3, -0.25) is 19.7 Å². The molecule has 1 amide bonds. The van der Waals surface area contributed by atoms with E-state index in [0.717, 1.165) is 29.5 Å². The fourth-order valence-corrected chi connectivity index (χ4v) is 2.69. The van der Waals surface area contributed by atoms with Crippen molar-refractivity contribution in [1.29, 1.82) is 0 Å². The molecule has 25 heavy (non-hydrogen) atoms. The zero-order valence-electron chi connectivity index (χ0n) is 13.3. The van der Waals surface area contributed by atoms with Crippen LogP contribution in [0.5, 0.6) is 0 Å². The van der Waals surface area contributed by atoms with E-state index in [9.17, 15) is 24.1 Å². The van der Waals surface area contributed by atoms with Gasteiger partial charge >= 0.3 is 5.69 Å². The van der Waals surface area contributed by atoms with Crippen molar-refractivity contribution in [2.45, 2.75) is 6.92 Å². The number of nitro benzene ring substituents is 1. The maximum Gasteiger partial charge on any atom is 0.305 e. The SMILES string of the molecule is Cc1ccc(NC(=O)CSCC(=O)c2ccc(F)c([N+](=O)[O-])c2)cc1. The number of halogens is 1. The van der Waals surface area contributed by atoms with Crippen LogP contribution >= 0.6 is 11.8 Å². The highest BCUT2D eigenvalue weighted by atomic mass is 32.2. The zero-order chi connectivity index (χ0) is 18.4. The minimum Gasteiger partial charge on any atom is -0.325 e. The molecule has 0 aromatic heterocycles. The lowest BCUT2D eigenvalue weighted by Crippen LogP contribution is -2.15. The fraction of sp³-hybridized carbons (Fsp3) is 0.176. The third kappa shape index (κ3) is 5.39. The summed E-state index contributed by atoms with van der Waals surface area (Å²) in [5.41, 5.74) is 1.04. The van der Waals surface area contributed by atoms with Crippen LogP contribution < -0.4 is 5.32 Å². The Hall–Kier alpha value is -2.74. The number of nitro groups is 1. The van der Waals surface area contributed by atoms with Gasteiger partial charge in [0, 0.05) is 17.3 Å². The van der Waals surface area contributed by atoms with Crippen LogP contribution in [0.15, 0.2) is 42.5 Å². The van der Waals surface area contributed by atoms with Gasteiger partial charge in [0.05, 0.1) is 16.4 Å². The third-order valence-corrected chi connectivity index (χ3v) is 4.20. The first-order chi connectivity index (χ1) is 11.9. The summed E-state index contributed by atoms with van der Waals surface area (Å²) in [5, 5.41) is 13.4. The second-order valence-corrected chi connectivity index (χ2v) is 6.24. The number of carbonyl (C=O) groups excluding carboxylic acids is 2. The minimum atomic E-state index is -0.994. The number of hydrogen-bond acceptors (Lipinski definition) is 5. The first-order valence-electron chi connectivity index (χ1n) is 7.28. The molecule has 8 heteroatoms. The number of hydrogen-bond donors (Lipinski definition) is 1. The molecule has 0 aliphatic heterocycles. The van der Waals surface area contributed by atoms with Crippen LogP contribution in [0.4, 0.5) is 15.8 Å². The Bertz CT molecular complexity index is 809. The number of nitrogens with zero attached hydrogens (tertiary/aromatic N) is 1. The van der Waals surface area contributed by atoms with E-state index in [1.54, 1.807) is 12.1 Å². The standard InChI is InChI=1S/C17H15FN2O4S/c1-11-2-5-13(6-3-11)19-17(22)10-25-9-16(21)12-4-7-14(18)15(8-12)20(23)24/h2-8H,9-10H2,1H3,(H,19,22). The van der Waals surface area contributed by atoms with Gasteiger partial charge in [0.15, 0.2) is 5.78 Å². The average Bonchev–Trinajstić information content (AvgIpc) is 2.57. The Morgan fingerprint density at radius 2 is 1.84 bits per heavy atom. The lowest BCUT2D eigenvalue weighted by Gasteiger charge is -2.05. The van der Waals surface area contributed by atoms with E-state index in [-0.39, 0.29) is 23.0 Å². The molecule has 0 atom stereocenters. The van der Waals surface area contributed by atoms with E-state index in [4.69, 9.17) is 0 Å². The molecule has 0 bridgehead atoms. The summed E-state index contributed by atoms with van der Waals surface area (Å²) >= 11 is 1.08. The molecule has 2 aromatic carbocycles. The van der Waals surface area contributed by atoms with Crippen LogP contribution in [0.25, 0.3) is 0 Å². The Balaban J connectivity index is 1.86. The van der Waals surface area contributed by atoms with Crippen molar-refractivity contribution in [3.05, 3.63) is 69.5 Å². The molecular formula is C17H15FN2O4S. The monoisotopic (exact) mass is 362 g/mol. The van der Waals surface area contributed by atoms with E-state index in [2.05, 4.69) is 5.32 Å². The van der Waals surface area contributed by atoms with E-state index in [0.29, 0.717) is 5.69 Å². The normalized spacial score (nSPS) is 10.3. The maximum atomic E-state index is 13.3. The first kappa shape index (κ1) is 18.6. The molecule has 0 heterocycles. The van der Waals surface area contributed by atoms with Gasteiger partial charge in [-0.1, -0.05) is 17.7 Å². The number of aryl methyl sites for hydroxylation is 1. The highest BCUT2D eigenvalue weighted by Crippen LogP contribution is 2.20. The van der Waals surface area contributed by atoms with Crippen molar-refractivity contribution in [2.75, 3.05) is 16.8 Å². The summed E-state index contributed by atoms with van der Waals surface area (Å²) in [6.07, 6.45) is 0. The molecule has 0 saturated heterocycles. The molecule has 0 unspecified atom stereocenters. The number of thioether (sulfide) groups is 1. The summed E-state index contributed by atoms with van der Waals surface area (Å²) in [4.78, 5) is 33.6. The van der Waals surface area contributed by atoms with E-state index in [1.165, 1.54) is 6.07 Å². The fourth-order valence-electron chi connectivity index (χ4n) is 1.98. The predicted molar refractivity (Wildman–Crippen MR) is 94.5 cm³/mol. The molecular weight excluding hydrogens is 347 g/mol. The Morgan fingerprint density at radius 1 is 1.16 bits per heavy atom. The largest absolute Gasteiger partial charge is 0.325 e.